The summed E-state index contributed by atoms with van der Waals surface area (Å²) >= 11 is 0. The van der Waals surface area contributed by atoms with Crippen molar-refractivity contribution in [1.82, 2.24) is 5.32 Å². The zero-order chi connectivity index (χ0) is 11.4. The number of hydrogen-bond donors (Lipinski definition) is 3. The summed E-state index contributed by atoms with van der Waals surface area (Å²) in [5, 5.41) is 20.6. The minimum absolute atomic E-state index is 0.235. The first-order valence-electron chi connectivity index (χ1n) is 4.56. The van der Waals surface area contributed by atoms with E-state index >= 15 is 0 Å². The second-order valence-electron chi connectivity index (χ2n) is 3.39. The molecule has 0 aromatic heterocycles. The summed E-state index contributed by atoms with van der Waals surface area (Å²) in [5.41, 5.74) is 0.378. The van der Waals surface area contributed by atoms with Crippen LogP contribution in [0.2, 0.25) is 0 Å². The van der Waals surface area contributed by atoms with Crippen LogP contribution in [0.3, 0.4) is 0 Å². The van der Waals surface area contributed by atoms with Gasteiger partial charge in [0.1, 0.15) is 0 Å². The second kappa shape index (κ2) is 5.04. The Balaban J connectivity index is 2.63. The van der Waals surface area contributed by atoms with Crippen LogP contribution in [0.4, 0.5) is 8.78 Å². The molecule has 0 aliphatic heterocycles. The molecule has 0 aliphatic carbocycles. The van der Waals surface area contributed by atoms with Gasteiger partial charge in [-0.3, -0.25) is 0 Å². The fourth-order valence-electron chi connectivity index (χ4n) is 1.15. The number of nitrogens with one attached hydrogen (secondary N) is 1. The van der Waals surface area contributed by atoms with Crippen LogP contribution in [0.5, 0.6) is 5.75 Å². The lowest BCUT2D eigenvalue weighted by Crippen LogP contribution is -2.23. The van der Waals surface area contributed by atoms with Gasteiger partial charge in [0.25, 0.3) is 0 Å². The predicted octanol–water partition coefficient (Wildman–Crippen LogP) is 1.14. The Morgan fingerprint density at radius 3 is 2.33 bits per heavy atom. The van der Waals surface area contributed by atoms with E-state index in [9.17, 15) is 8.78 Å². The molecule has 1 aromatic carbocycles. The Hall–Kier alpha value is -1.20. The van der Waals surface area contributed by atoms with Crippen LogP contribution < -0.4 is 5.32 Å². The molecule has 1 aromatic rings. The lowest BCUT2D eigenvalue weighted by molar-refractivity contribution is 0.191. The van der Waals surface area contributed by atoms with E-state index in [1.54, 1.807) is 6.92 Å². The van der Waals surface area contributed by atoms with Gasteiger partial charge in [-0.15, -0.1) is 0 Å². The van der Waals surface area contributed by atoms with Crippen molar-refractivity contribution >= 4 is 0 Å². The van der Waals surface area contributed by atoms with Crippen molar-refractivity contribution in [2.24, 2.45) is 0 Å². The molecular formula is C10H13F2NO2. The minimum Gasteiger partial charge on any atom is -0.503 e. The lowest BCUT2D eigenvalue weighted by atomic mass is 10.2. The van der Waals surface area contributed by atoms with Crippen molar-refractivity contribution in [3.05, 3.63) is 29.3 Å². The molecule has 0 spiro atoms. The molecule has 3 N–H and O–H groups in total. The van der Waals surface area contributed by atoms with E-state index in [2.05, 4.69) is 5.32 Å². The van der Waals surface area contributed by atoms with Crippen LogP contribution in [-0.2, 0) is 6.54 Å². The highest BCUT2D eigenvalue weighted by Gasteiger charge is 2.09. The van der Waals surface area contributed by atoms with E-state index in [4.69, 9.17) is 10.2 Å². The van der Waals surface area contributed by atoms with Gasteiger partial charge in [0.15, 0.2) is 17.4 Å². The van der Waals surface area contributed by atoms with E-state index < -0.39 is 23.5 Å². The van der Waals surface area contributed by atoms with Gasteiger partial charge in [-0.25, -0.2) is 8.78 Å². The maximum absolute atomic E-state index is 12.9. The predicted molar refractivity (Wildman–Crippen MR) is 51.4 cm³/mol. The van der Waals surface area contributed by atoms with E-state index in [-0.39, 0.29) is 6.54 Å². The normalized spacial score (nSPS) is 12.8. The molecule has 1 atom stereocenters. The highest BCUT2D eigenvalue weighted by Crippen LogP contribution is 2.21. The van der Waals surface area contributed by atoms with E-state index in [0.29, 0.717) is 12.1 Å². The standard InChI is InChI=1S/C10H13F2NO2/c1-6(14)4-13-5-7-2-8(11)10(15)9(12)3-7/h2-3,6,13-15H,4-5H2,1H3/t6-/m0/s1. The fourth-order valence-corrected chi connectivity index (χ4v) is 1.15. The molecule has 0 bridgehead atoms. The number of hydrogen-bond acceptors (Lipinski definition) is 3. The monoisotopic (exact) mass is 217 g/mol. The number of aliphatic hydroxyl groups excluding tert-OH is 1. The van der Waals surface area contributed by atoms with Gasteiger partial charge < -0.3 is 15.5 Å². The third kappa shape index (κ3) is 3.45. The van der Waals surface area contributed by atoms with Gasteiger partial charge in [-0.05, 0) is 24.6 Å². The maximum atomic E-state index is 12.9. The molecule has 0 radical (unpaired) electrons. The van der Waals surface area contributed by atoms with Gasteiger partial charge in [-0.1, -0.05) is 0 Å². The first-order chi connectivity index (χ1) is 7.00. The summed E-state index contributed by atoms with van der Waals surface area (Å²) in [4.78, 5) is 0. The molecule has 1 rings (SSSR count). The number of phenols is 1. The van der Waals surface area contributed by atoms with Crippen LogP contribution in [0, 0.1) is 11.6 Å². The van der Waals surface area contributed by atoms with Crippen LogP contribution in [-0.4, -0.2) is 22.9 Å². The van der Waals surface area contributed by atoms with Gasteiger partial charge in [0, 0.05) is 13.1 Å². The number of phenolic OH excluding ortho intramolecular Hbond substituents is 1. The summed E-state index contributed by atoms with van der Waals surface area (Å²) in [5.74, 6) is -2.93. The van der Waals surface area contributed by atoms with Crippen LogP contribution in [0.1, 0.15) is 12.5 Å². The molecule has 0 unspecified atom stereocenters. The van der Waals surface area contributed by atoms with Crippen LogP contribution >= 0.6 is 0 Å². The third-order valence-electron chi connectivity index (χ3n) is 1.85. The van der Waals surface area contributed by atoms with E-state index in [1.165, 1.54) is 0 Å². The maximum Gasteiger partial charge on any atom is 0.187 e. The Morgan fingerprint density at radius 2 is 1.87 bits per heavy atom. The number of benzene rings is 1. The summed E-state index contributed by atoms with van der Waals surface area (Å²) in [6, 6.07) is 2.10. The lowest BCUT2D eigenvalue weighted by Gasteiger charge is -2.07. The molecule has 84 valence electrons. The van der Waals surface area contributed by atoms with Gasteiger partial charge >= 0.3 is 0 Å². The average Bonchev–Trinajstić information content (AvgIpc) is 2.13. The molecule has 0 saturated heterocycles. The van der Waals surface area contributed by atoms with Crippen LogP contribution in [0.25, 0.3) is 0 Å². The fraction of sp³-hybridized carbons (Fsp3) is 0.400. The number of aromatic hydroxyl groups is 1. The molecule has 0 aliphatic rings. The Bertz CT molecular complexity index is 319. The van der Waals surface area contributed by atoms with Gasteiger partial charge in [0.2, 0.25) is 0 Å². The van der Waals surface area contributed by atoms with Gasteiger partial charge in [0.05, 0.1) is 6.10 Å². The summed E-state index contributed by atoms with van der Waals surface area (Å²) in [6.07, 6.45) is -0.517. The topological polar surface area (TPSA) is 52.5 Å². The molecule has 0 amide bonds. The molecular weight excluding hydrogens is 204 g/mol. The minimum atomic E-state index is -0.983. The summed E-state index contributed by atoms with van der Waals surface area (Å²) in [7, 11) is 0. The SMILES string of the molecule is C[C@H](O)CNCc1cc(F)c(O)c(F)c1. The van der Waals surface area contributed by atoms with Crippen molar-refractivity contribution in [3.63, 3.8) is 0 Å². The molecule has 0 fully saturated rings. The number of halogens is 2. The highest BCUT2D eigenvalue weighted by molar-refractivity contribution is 5.29. The third-order valence-corrected chi connectivity index (χ3v) is 1.85. The van der Waals surface area contributed by atoms with Crippen molar-refractivity contribution in [1.29, 1.82) is 0 Å². The quantitative estimate of drug-likeness (QED) is 0.709. The van der Waals surface area contributed by atoms with Gasteiger partial charge in [-0.2, -0.15) is 0 Å². The average molecular weight is 217 g/mol. The summed E-state index contributed by atoms with van der Waals surface area (Å²) < 4.78 is 25.7. The number of aliphatic hydroxyl groups is 1. The Kier molecular flexibility index (Phi) is 3.99. The first kappa shape index (κ1) is 11.9. The van der Waals surface area contributed by atoms with Crippen LogP contribution in [0.15, 0.2) is 12.1 Å². The van der Waals surface area contributed by atoms with Crippen molar-refractivity contribution in [3.8, 4) is 5.75 Å². The Labute approximate surface area is 86.4 Å². The van der Waals surface area contributed by atoms with Crippen molar-refractivity contribution in [2.75, 3.05) is 6.54 Å². The molecule has 0 saturated carbocycles. The zero-order valence-electron chi connectivity index (χ0n) is 8.30. The molecule has 5 heteroatoms. The highest BCUT2D eigenvalue weighted by atomic mass is 19.1. The molecule has 15 heavy (non-hydrogen) atoms. The van der Waals surface area contributed by atoms with Crippen molar-refractivity contribution in [2.45, 2.75) is 19.6 Å². The summed E-state index contributed by atoms with van der Waals surface area (Å²) in [6.45, 7) is 2.17. The molecule has 0 heterocycles. The van der Waals surface area contributed by atoms with E-state index in [0.717, 1.165) is 12.1 Å². The molecule has 3 nitrogen and oxygen atoms in total. The first-order valence-corrected chi connectivity index (χ1v) is 4.56. The smallest absolute Gasteiger partial charge is 0.187 e. The van der Waals surface area contributed by atoms with E-state index in [1.807, 2.05) is 0 Å². The Morgan fingerprint density at radius 1 is 1.33 bits per heavy atom. The zero-order valence-corrected chi connectivity index (χ0v) is 8.30. The van der Waals surface area contributed by atoms with Crippen molar-refractivity contribution < 1.29 is 19.0 Å². The number of rotatable bonds is 4. The largest absolute Gasteiger partial charge is 0.503 e. The second-order valence-corrected chi connectivity index (χ2v) is 3.39.